The van der Waals surface area contributed by atoms with Gasteiger partial charge >= 0.3 is 0 Å². The molecule has 0 saturated carbocycles. The summed E-state index contributed by atoms with van der Waals surface area (Å²) < 4.78 is 0. The number of aryl methyl sites for hydroxylation is 2. The summed E-state index contributed by atoms with van der Waals surface area (Å²) in [5.74, 6) is -0.437. The molecule has 0 aliphatic heterocycles. The molecular formula is C24H29N7O2. The van der Waals surface area contributed by atoms with Gasteiger partial charge in [0, 0.05) is 17.2 Å². The maximum absolute atomic E-state index is 11.9. The molecule has 9 nitrogen and oxygen atoms in total. The molecule has 0 spiro atoms. The van der Waals surface area contributed by atoms with Gasteiger partial charge in [-0.2, -0.15) is 0 Å². The Labute approximate surface area is 192 Å². The molecule has 1 heterocycles. The van der Waals surface area contributed by atoms with Gasteiger partial charge < -0.3 is 17.2 Å². The third kappa shape index (κ3) is 3.89. The first-order valence-corrected chi connectivity index (χ1v) is 10.9. The van der Waals surface area contributed by atoms with Crippen molar-refractivity contribution in [2.45, 2.75) is 51.5 Å². The Bertz CT molecular complexity index is 1150. The minimum absolute atomic E-state index is 0.201. The Morgan fingerprint density at radius 1 is 1.00 bits per heavy atom. The molecule has 2 amide bonds. The second-order valence-electron chi connectivity index (χ2n) is 9.80. The van der Waals surface area contributed by atoms with Crippen molar-refractivity contribution in [2.75, 3.05) is 0 Å². The van der Waals surface area contributed by atoms with Crippen LogP contribution in [0.3, 0.4) is 0 Å². The summed E-state index contributed by atoms with van der Waals surface area (Å²) in [5, 5.41) is 15.1. The van der Waals surface area contributed by atoms with Gasteiger partial charge in [0.05, 0.1) is 5.41 Å². The normalized spacial score (nSPS) is 15.8. The summed E-state index contributed by atoms with van der Waals surface area (Å²) in [6, 6.07) is 10.7. The number of carbonyl (C=O) groups is 2. The number of fused-ring (bicyclic) bond motifs is 2. The number of tetrazole rings is 1. The van der Waals surface area contributed by atoms with Gasteiger partial charge in [-0.05, 0) is 81.6 Å². The first kappa shape index (κ1) is 22.6. The Kier molecular flexibility index (Phi) is 5.53. The van der Waals surface area contributed by atoms with Crippen molar-refractivity contribution >= 4 is 11.8 Å². The van der Waals surface area contributed by atoms with E-state index in [1.165, 1.54) is 0 Å². The van der Waals surface area contributed by atoms with Gasteiger partial charge in [0.25, 0.3) is 0 Å². The van der Waals surface area contributed by atoms with E-state index in [2.05, 4.69) is 41.4 Å². The fraction of sp³-hybridized carbons (Fsp3) is 0.375. The molecule has 0 saturated heterocycles. The van der Waals surface area contributed by atoms with E-state index in [1.807, 2.05) is 24.3 Å². The smallest absolute Gasteiger partial charge is 0.248 e. The van der Waals surface area contributed by atoms with E-state index < -0.39 is 17.2 Å². The van der Waals surface area contributed by atoms with Crippen LogP contribution < -0.4 is 17.2 Å². The number of nitrogens with one attached hydrogen (secondary N) is 1. The minimum Gasteiger partial charge on any atom is -0.366 e. The number of amides is 2. The molecule has 1 atom stereocenters. The third-order valence-corrected chi connectivity index (χ3v) is 6.75. The first-order valence-electron chi connectivity index (χ1n) is 10.9. The summed E-state index contributed by atoms with van der Waals surface area (Å²) in [6.45, 7) is 6.28. The molecular weight excluding hydrogens is 418 g/mol. The highest BCUT2D eigenvalue weighted by atomic mass is 16.1. The van der Waals surface area contributed by atoms with Crippen molar-refractivity contribution in [3.63, 3.8) is 0 Å². The van der Waals surface area contributed by atoms with Crippen LogP contribution in [0.2, 0.25) is 0 Å². The Morgan fingerprint density at radius 3 is 1.91 bits per heavy atom. The summed E-state index contributed by atoms with van der Waals surface area (Å²) in [6.07, 6.45) is 1.78. The van der Waals surface area contributed by atoms with Crippen LogP contribution in [0.5, 0.6) is 0 Å². The number of benzene rings is 2. The molecule has 1 aliphatic carbocycles. The molecule has 9 heteroatoms. The van der Waals surface area contributed by atoms with Crippen LogP contribution in [0, 0.1) is 5.41 Å². The zero-order chi connectivity index (χ0) is 24.0. The zero-order valence-corrected chi connectivity index (χ0v) is 19.1. The number of rotatable bonds is 5. The highest BCUT2D eigenvalue weighted by Crippen LogP contribution is 2.48. The van der Waals surface area contributed by atoms with Crippen molar-refractivity contribution in [1.82, 2.24) is 20.6 Å². The lowest BCUT2D eigenvalue weighted by molar-refractivity contribution is 0.0991. The van der Waals surface area contributed by atoms with Crippen LogP contribution in [0.1, 0.15) is 76.0 Å². The summed E-state index contributed by atoms with van der Waals surface area (Å²) in [4.78, 5) is 23.8. The quantitative estimate of drug-likeness (QED) is 0.463. The molecule has 0 bridgehead atoms. The number of hydrogen-bond acceptors (Lipinski definition) is 6. The Morgan fingerprint density at radius 2 is 1.52 bits per heavy atom. The van der Waals surface area contributed by atoms with Gasteiger partial charge in [-0.3, -0.25) is 9.59 Å². The maximum Gasteiger partial charge on any atom is 0.248 e. The van der Waals surface area contributed by atoms with Crippen LogP contribution in [0.25, 0.3) is 0 Å². The standard InChI is InChI=1S/C24H29N7O2/c1-23(2,3)19(25)12-24(22-28-30-31-29-22)17-8-6-15(20(26)32)10-13(17)4-5-14-11-16(21(27)33)7-9-18(14)24/h6-11,19H,4-5,12,25H2,1-3H3,(H2,26,32)(H2,27,33)(H,28,29,30,31)/t19-/m0/s1. The highest BCUT2D eigenvalue weighted by molar-refractivity contribution is 5.94. The summed E-state index contributed by atoms with van der Waals surface area (Å²) >= 11 is 0. The van der Waals surface area contributed by atoms with E-state index in [0.717, 1.165) is 22.3 Å². The van der Waals surface area contributed by atoms with Gasteiger partial charge in [-0.1, -0.05) is 32.9 Å². The van der Waals surface area contributed by atoms with Crippen LogP contribution in [0.4, 0.5) is 0 Å². The molecule has 0 fully saturated rings. The van der Waals surface area contributed by atoms with Gasteiger partial charge in [-0.25, -0.2) is 5.10 Å². The molecule has 0 radical (unpaired) electrons. The monoisotopic (exact) mass is 447 g/mol. The van der Waals surface area contributed by atoms with E-state index in [1.54, 1.807) is 12.1 Å². The number of aromatic amines is 1. The fourth-order valence-electron chi connectivity index (χ4n) is 4.70. The number of carbonyl (C=O) groups excluding carboxylic acids is 2. The largest absolute Gasteiger partial charge is 0.366 e. The number of primary amides is 2. The average molecular weight is 448 g/mol. The SMILES string of the molecule is CC(C)(C)[C@@H](N)CC1(c2nnn[nH]2)c2ccc(C(N)=O)cc2CCc2cc(C(N)=O)ccc21. The van der Waals surface area contributed by atoms with Crippen molar-refractivity contribution in [1.29, 1.82) is 0 Å². The van der Waals surface area contributed by atoms with Crippen LogP contribution in [-0.2, 0) is 18.3 Å². The van der Waals surface area contributed by atoms with Gasteiger partial charge in [0.15, 0.2) is 5.82 Å². The minimum atomic E-state index is -0.830. The number of nitrogens with two attached hydrogens (primary N) is 3. The van der Waals surface area contributed by atoms with Crippen LogP contribution in [0.15, 0.2) is 36.4 Å². The summed E-state index contributed by atoms with van der Waals surface area (Å²) in [7, 11) is 0. The Balaban J connectivity index is 2.07. The second-order valence-corrected chi connectivity index (χ2v) is 9.80. The van der Waals surface area contributed by atoms with Gasteiger partial charge in [0.2, 0.25) is 11.8 Å². The third-order valence-electron chi connectivity index (χ3n) is 6.75. The molecule has 33 heavy (non-hydrogen) atoms. The zero-order valence-electron chi connectivity index (χ0n) is 19.1. The number of nitrogens with zero attached hydrogens (tertiary/aromatic N) is 3. The highest BCUT2D eigenvalue weighted by Gasteiger charge is 2.46. The lowest BCUT2D eigenvalue weighted by Gasteiger charge is -2.40. The molecule has 0 unspecified atom stereocenters. The molecule has 2 aromatic carbocycles. The van der Waals surface area contributed by atoms with Crippen molar-refractivity contribution < 1.29 is 9.59 Å². The fourth-order valence-corrected chi connectivity index (χ4v) is 4.70. The lowest BCUT2D eigenvalue weighted by atomic mass is 9.65. The van der Waals surface area contributed by atoms with Gasteiger partial charge in [-0.15, -0.1) is 5.10 Å². The van der Waals surface area contributed by atoms with Crippen LogP contribution >= 0.6 is 0 Å². The summed E-state index contributed by atoms with van der Waals surface area (Å²) in [5.41, 5.74) is 21.6. The first-order chi connectivity index (χ1) is 15.5. The van der Waals surface area contributed by atoms with Gasteiger partial charge in [0.1, 0.15) is 0 Å². The Hall–Kier alpha value is -3.59. The number of hydrogen-bond donors (Lipinski definition) is 4. The van der Waals surface area contributed by atoms with E-state index in [9.17, 15) is 9.59 Å². The second kappa shape index (κ2) is 8.08. The molecule has 1 aromatic heterocycles. The number of aromatic nitrogens is 4. The molecule has 7 N–H and O–H groups in total. The molecule has 4 rings (SSSR count). The maximum atomic E-state index is 11.9. The van der Waals surface area contributed by atoms with E-state index in [0.29, 0.717) is 36.2 Å². The van der Waals surface area contributed by atoms with E-state index in [4.69, 9.17) is 17.2 Å². The van der Waals surface area contributed by atoms with Crippen molar-refractivity contribution in [3.8, 4) is 0 Å². The predicted molar refractivity (Wildman–Crippen MR) is 123 cm³/mol. The molecule has 1 aliphatic rings. The average Bonchev–Trinajstić information content (AvgIpc) is 3.26. The molecule has 3 aromatic rings. The van der Waals surface area contributed by atoms with Crippen LogP contribution in [-0.4, -0.2) is 38.5 Å². The molecule has 172 valence electrons. The van der Waals surface area contributed by atoms with Crippen molar-refractivity contribution in [3.05, 3.63) is 75.6 Å². The van der Waals surface area contributed by atoms with E-state index >= 15 is 0 Å². The topological polar surface area (TPSA) is 167 Å². The number of H-pyrrole nitrogens is 1. The lowest BCUT2D eigenvalue weighted by Crippen LogP contribution is -2.44. The van der Waals surface area contributed by atoms with E-state index in [-0.39, 0.29) is 11.5 Å². The predicted octanol–water partition coefficient (Wildman–Crippen LogP) is 1.59. The van der Waals surface area contributed by atoms with Crippen molar-refractivity contribution in [2.24, 2.45) is 22.6 Å².